The zero-order chi connectivity index (χ0) is 11.4. The molecule has 16 heavy (non-hydrogen) atoms. The maximum Gasteiger partial charge on any atom is 0.245 e. The smallest absolute Gasteiger partial charge is 0.245 e. The van der Waals surface area contributed by atoms with Gasteiger partial charge < -0.3 is 5.32 Å². The Morgan fingerprint density at radius 3 is 2.94 bits per heavy atom. The summed E-state index contributed by atoms with van der Waals surface area (Å²) >= 11 is 13.1. The van der Waals surface area contributed by atoms with Crippen LogP contribution in [0.1, 0.15) is 5.56 Å². The van der Waals surface area contributed by atoms with Gasteiger partial charge in [0.2, 0.25) is 5.28 Å². The number of nitrogens with one attached hydrogen (secondary N) is 1. The molecular formula is C9H8Cl2N4S. The molecule has 2 aromatic rings. The maximum absolute atomic E-state index is 5.80. The van der Waals surface area contributed by atoms with Crippen LogP contribution in [0.3, 0.4) is 0 Å². The Balaban J connectivity index is 1.92. The van der Waals surface area contributed by atoms with Gasteiger partial charge in [0.05, 0.1) is 0 Å². The summed E-state index contributed by atoms with van der Waals surface area (Å²) in [6.07, 6.45) is 0.904. The lowest BCUT2D eigenvalue weighted by Crippen LogP contribution is -2.07. The fourth-order valence-corrected chi connectivity index (χ4v) is 2.14. The van der Waals surface area contributed by atoms with Gasteiger partial charge in [-0.05, 0) is 40.4 Å². The largest absolute Gasteiger partial charge is 0.367 e. The van der Waals surface area contributed by atoms with Gasteiger partial charge in [-0.3, -0.25) is 0 Å². The van der Waals surface area contributed by atoms with E-state index < -0.39 is 0 Å². The first-order chi connectivity index (χ1) is 7.75. The number of rotatable bonds is 4. The van der Waals surface area contributed by atoms with E-state index in [1.54, 1.807) is 11.3 Å². The Kier molecular flexibility index (Phi) is 3.93. The van der Waals surface area contributed by atoms with E-state index in [-0.39, 0.29) is 10.4 Å². The van der Waals surface area contributed by atoms with Crippen molar-refractivity contribution in [3.8, 4) is 0 Å². The minimum atomic E-state index is 0.0856. The van der Waals surface area contributed by atoms with Gasteiger partial charge in [-0.15, -0.1) is 10.2 Å². The van der Waals surface area contributed by atoms with Crippen molar-refractivity contribution in [2.24, 2.45) is 0 Å². The number of hydrogen-bond acceptors (Lipinski definition) is 5. The summed E-state index contributed by atoms with van der Waals surface area (Å²) in [5, 5.41) is 14.7. The molecule has 1 N–H and O–H groups in total. The predicted molar refractivity (Wildman–Crippen MR) is 66.4 cm³/mol. The molecule has 0 aliphatic carbocycles. The minimum Gasteiger partial charge on any atom is -0.367 e. The molecule has 0 aliphatic heterocycles. The molecule has 0 unspecified atom stereocenters. The van der Waals surface area contributed by atoms with E-state index in [9.17, 15) is 0 Å². The first kappa shape index (κ1) is 11.6. The summed E-state index contributed by atoms with van der Waals surface area (Å²) < 4.78 is 0. The topological polar surface area (TPSA) is 50.7 Å². The van der Waals surface area contributed by atoms with Crippen LogP contribution < -0.4 is 5.32 Å². The molecule has 0 radical (unpaired) electrons. The molecule has 0 aliphatic rings. The van der Waals surface area contributed by atoms with Crippen LogP contribution in [0, 0.1) is 0 Å². The first-order valence-corrected chi connectivity index (χ1v) is 6.26. The van der Waals surface area contributed by atoms with Crippen molar-refractivity contribution in [2.75, 3.05) is 11.9 Å². The van der Waals surface area contributed by atoms with Crippen molar-refractivity contribution in [2.45, 2.75) is 6.42 Å². The second-order valence-electron chi connectivity index (χ2n) is 3.03. The van der Waals surface area contributed by atoms with E-state index in [1.165, 1.54) is 5.56 Å². The number of hydrogen-bond donors (Lipinski definition) is 1. The molecule has 84 valence electrons. The Morgan fingerprint density at radius 1 is 1.31 bits per heavy atom. The van der Waals surface area contributed by atoms with E-state index in [0.29, 0.717) is 5.82 Å². The van der Waals surface area contributed by atoms with Gasteiger partial charge in [-0.1, -0.05) is 11.6 Å². The van der Waals surface area contributed by atoms with Crippen molar-refractivity contribution in [3.05, 3.63) is 32.8 Å². The normalized spacial score (nSPS) is 10.4. The number of nitrogens with zero attached hydrogens (tertiary/aromatic N) is 3. The molecule has 7 heteroatoms. The van der Waals surface area contributed by atoms with E-state index in [4.69, 9.17) is 23.2 Å². The quantitative estimate of drug-likeness (QED) is 0.932. The van der Waals surface area contributed by atoms with Crippen molar-refractivity contribution in [1.29, 1.82) is 0 Å². The second kappa shape index (κ2) is 5.43. The molecule has 0 saturated carbocycles. The third-order valence-electron chi connectivity index (χ3n) is 1.91. The average molecular weight is 275 g/mol. The summed E-state index contributed by atoms with van der Waals surface area (Å²) in [5.74, 6) is 0.469. The molecule has 2 aromatic heterocycles. The van der Waals surface area contributed by atoms with Crippen LogP contribution in [0.15, 0.2) is 16.8 Å². The highest BCUT2D eigenvalue weighted by Crippen LogP contribution is 2.16. The second-order valence-corrected chi connectivity index (χ2v) is 4.50. The first-order valence-electron chi connectivity index (χ1n) is 4.56. The van der Waals surface area contributed by atoms with E-state index in [1.807, 2.05) is 5.38 Å². The van der Waals surface area contributed by atoms with Crippen molar-refractivity contribution in [3.63, 3.8) is 0 Å². The number of aromatic nitrogens is 3. The number of thiophene rings is 1. The van der Waals surface area contributed by atoms with Gasteiger partial charge >= 0.3 is 0 Å². The Hall–Kier alpha value is -0.910. The van der Waals surface area contributed by atoms with Crippen molar-refractivity contribution in [1.82, 2.24) is 15.2 Å². The summed E-state index contributed by atoms with van der Waals surface area (Å²) in [4.78, 5) is 3.94. The van der Waals surface area contributed by atoms with Crippen LogP contribution in [0.5, 0.6) is 0 Å². The van der Waals surface area contributed by atoms with Crippen LogP contribution >= 0.6 is 34.5 Å². The van der Waals surface area contributed by atoms with E-state index >= 15 is 0 Å². The summed E-state index contributed by atoms with van der Waals surface area (Å²) in [6.45, 7) is 0.728. The van der Waals surface area contributed by atoms with Crippen LogP contribution in [0.4, 0.5) is 5.82 Å². The minimum absolute atomic E-state index is 0.0856. The third-order valence-corrected chi connectivity index (χ3v) is 3.05. The average Bonchev–Trinajstić information content (AvgIpc) is 2.76. The Bertz CT molecular complexity index is 461. The van der Waals surface area contributed by atoms with Gasteiger partial charge in [-0.2, -0.15) is 16.3 Å². The van der Waals surface area contributed by atoms with Gasteiger partial charge in [0.25, 0.3) is 0 Å². The molecule has 0 atom stereocenters. The monoisotopic (exact) mass is 274 g/mol. The highest BCUT2D eigenvalue weighted by molar-refractivity contribution is 7.07. The molecule has 0 amide bonds. The fourth-order valence-electron chi connectivity index (χ4n) is 1.17. The molecule has 0 bridgehead atoms. The third kappa shape index (κ3) is 3.04. The summed E-state index contributed by atoms with van der Waals surface area (Å²) in [7, 11) is 0. The van der Waals surface area contributed by atoms with Crippen molar-refractivity contribution >= 4 is 40.4 Å². The van der Waals surface area contributed by atoms with Gasteiger partial charge in [-0.25, -0.2) is 0 Å². The zero-order valence-electron chi connectivity index (χ0n) is 8.15. The number of halogens is 2. The van der Waals surface area contributed by atoms with Crippen LogP contribution in [0.25, 0.3) is 0 Å². The molecule has 2 heterocycles. The molecule has 0 saturated heterocycles. The van der Waals surface area contributed by atoms with E-state index in [2.05, 4.69) is 31.9 Å². The predicted octanol–water partition coefficient (Wildman–Crippen LogP) is 2.89. The highest BCUT2D eigenvalue weighted by Gasteiger charge is 2.04. The number of anilines is 1. The summed E-state index contributed by atoms with van der Waals surface area (Å²) in [5.41, 5.74) is 1.28. The van der Waals surface area contributed by atoms with Crippen LogP contribution in [-0.4, -0.2) is 21.7 Å². The lowest BCUT2D eigenvalue weighted by Gasteiger charge is -2.05. The molecule has 0 spiro atoms. The van der Waals surface area contributed by atoms with Gasteiger partial charge in [0.1, 0.15) is 0 Å². The van der Waals surface area contributed by atoms with Crippen LogP contribution in [0.2, 0.25) is 10.4 Å². The SMILES string of the molecule is Clc1nnc(Cl)c(NCCc2ccsc2)n1. The van der Waals surface area contributed by atoms with Gasteiger partial charge in [0.15, 0.2) is 11.0 Å². The molecule has 0 fully saturated rings. The van der Waals surface area contributed by atoms with Crippen LogP contribution in [-0.2, 0) is 6.42 Å². The fraction of sp³-hybridized carbons (Fsp3) is 0.222. The lowest BCUT2D eigenvalue weighted by molar-refractivity contribution is 0.946. The molecule has 2 rings (SSSR count). The standard InChI is InChI=1S/C9H8Cl2N4S/c10-7-8(13-9(11)15-14-7)12-3-1-6-2-4-16-5-6/h2,4-5H,1,3H2,(H,12,13,15). The van der Waals surface area contributed by atoms with E-state index in [0.717, 1.165) is 13.0 Å². The molecule has 0 aromatic carbocycles. The summed E-state index contributed by atoms with van der Waals surface area (Å²) in [6, 6.07) is 2.08. The molecule has 4 nitrogen and oxygen atoms in total. The van der Waals surface area contributed by atoms with Crippen molar-refractivity contribution < 1.29 is 0 Å². The Labute approximate surface area is 107 Å². The zero-order valence-corrected chi connectivity index (χ0v) is 10.5. The highest BCUT2D eigenvalue weighted by atomic mass is 35.5. The lowest BCUT2D eigenvalue weighted by atomic mass is 10.2. The maximum atomic E-state index is 5.80. The Morgan fingerprint density at radius 2 is 2.19 bits per heavy atom. The molecular weight excluding hydrogens is 267 g/mol. The van der Waals surface area contributed by atoms with Gasteiger partial charge in [0, 0.05) is 6.54 Å².